The lowest BCUT2D eigenvalue weighted by Crippen LogP contribution is -2.21. The number of para-hydroxylation sites is 2. The molecule has 1 amide bonds. The van der Waals surface area contributed by atoms with Crippen LogP contribution in [-0.2, 0) is 16.1 Å². The molecule has 0 spiro atoms. The van der Waals surface area contributed by atoms with Gasteiger partial charge < -0.3 is 14.8 Å². The summed E-state index contributed by atoms with van der Waals surface area (Å²) in [5, 5.41) is 15.2. The van der Waals surface area contributed by atoms with Crippen molar-refractivity contribution >= 4 is 23.4 Å². The Morgan fingerprint density at radius 1 is 1.26 bits per heavy atom. The van der Waals surface area contributed by atoms with Crippen molar-refractivity contribution in [1.29, 1.82) is 0 Å². The van der Waals surface area contributed by atoms with E-state index in [1.807, 2.05) is 61.5 Å². The SMILES string of the molecule is CCOc1ccccc1NC(=O)C(Sc1nnnn1CC1CCCO1)c1ccccc1. The second-order valence-electron chi connectivity index (χ2n) is 7.11. The molecular weight excluding hydrogens is 414 g/mol. The van der Waals surface area contributed by atoms with Crippen molar-refractivity contribution in [3.05, 3.63) is 60.2 Å². The molecule has 31 heavy (non-hydrogen) atoms. The van der Waals surface area contributed by atoms with E-state index < -0.39 is 5.25 Å². The van der Waals surface area contributed by atoms with Crippen molar-refractivity contribution in [3.63, 3.8) is 0 Å². The Labute approximate surface area is 185 Å². The molecule has 162 valence electrons. The lowest BCUT2D eigenvalue weighted by molar-refractivity contribution is -0.115. The van der Waals surface area contributed by atoms with E-state index in [0.717, 1.165) is 25.0 Å². The first-order valence-corrected chi connectivity index (χ1v) is 11.2. The van der Waals surface area contributed by atoms with Crippen molar-refractivity contribution in [3.8, 4) is 5.75 Å². The van der Waals surface area contributed by atoms with Crippen molar-refractivity contribution < 1.29 is 14.3 Å². The van der Waals surface area contributed by atoms with E-state index in [1.54, 1.807) is 4.68 Å². The number of hydrogen-bond donors (Lipinski definition) is 1. The van der Waals surface area contributed by atoms with Gasteiger partial charge in [-0.15, -0.1) is 5.10 Å². The van der Waals surface area contributed by atoms with Gasteiger partial charge in [0.15, 0.2) is 0 Å². The lowest BCUT2D eigenvalue weighted by atomic mass is 10.1. The minimum atomic E-state index is -0.537. The molecule has 2 aromatic carbocycles. The maximum atomic E-state index is 13.4. The molecule has 1 aromatic heterocycles. The van der Waals surface area contributed by atoms with Crippen LogP contribution in [0.5, 0.6) is 5.75 Å². The molecule has 2 unspecified atom stereocenters. The number of carbonyl (C=O) groups excluding carboxylic acids is 1. The second-order valence-corrected chi connectivity index (χ2v) is 8.18. The average molecular weight is 440 g/mol. The van der Waals surface area contributed by atoms with Crippen LogP contribution in [0.3, 0.4) is 0 Å². The van der Waals surface area contributed by atoms with E-state index in [-0.39, 0.29) is 12.0 Å². The van der Waals surface area contributed by atoms with Crippen molar-refractivity contribution in [2.45, 2.75) is 42.8 Å². The van der Waals surface area contributed by atoms with Gasteiger partial charge in [0.05, 0.1) is 24.9 Å². The number of rotatable bonds is 9. The molecule has 3 aromatic rings. The summed E-state index contributed by atoms with van der Waals surface area (Å²) in [7, 11) is 0. The first kappa shape index (κ1) is 21.3. The standard InChI is InChI=1S/C22H25N5O3S/c1-2-29-19-13-7-6-12-18(19)23-21(28)20(16-9-4-3-5-10-16)31-22-24-25-26-27(22)15-17-11-8-14-30-17/h3-7,9-10,12-13,17,20H,2,8,11,14-15H2,1H3,(H,23,28). The van der Waals surface area contributed by atoms with Gasteiger partial charge in [0.25, 0.3) is 0 Å². The Kier molecular flexibility index (Phi) is 7.16. The number of nitrogens with zero attached hydrogens (tertiary/aromatic N) is 4. The highest BCUT2D eigenvalue weighted by atomic mass is 32.2. The number of aromatic nitrogens is 4. The maximum Gasteiger partial charge on any atom is 0.242 e. The molecule has 0 bridgehead atoms. The van der Waals surface area contributed by atoms with E-state index in [2.05, 4.69) is 20.8 Å². The van der Waals surface area contributed by atoms with E-state index in [4.69, 9.17) is 9.47 Å². The Morgan fingerprint density at radius 2 is 2.06 bits per heavy atom. The molecule has 2 heterocycles. The fourth-order valence-electron chi connectivity index (χ4n) is 3.43. The number of ether oxygens (including phenoxy) is 2. The zero-order valence-electron chi connectivity index (χ0n) is 17.3. The van der Waals surface area contributed by atoms with Gasteiger partial charge >= 0.3 is 0 Å². The third kappa shape index (κ3) is 5.42. The van der Waals surface area contributed by atoms with Crippen LogP contribution < -0.4 is 10.1 Å². The summed E-state index contributed by atoms with van der Waals surface area (Å²) in [6.07, 6.45) is 2.13. The first-order chi connectivity index (χ1) is 15.2. The topological polar surface area (TPSA) is 91.2 Å². The van der Waals surface area contributed by atoms with Gasteiger partial charge in [0.1, 0.15) is 11.0 Å². The fourth-order valence-corrected chi connectivity index (χ4v) is 4.42. The average Bonchev–Trinajstić information content (AvgIpc) is 3.46. The van der Waals surface area contributed by atoms with Crippen LogP contribution in [0.2, 0.25) is 0 Å². The molecule has 0 radical (unpaired) electrons. The number of carbonyl (C=O) groups is 1. The zero-order valence-corrected chi connectivity index (χ0v) is 18.1. The minimum Gasteiger partial charge on any atom is -0.492 e. The van der Waals surface area contributed by atoms with Crippen LogP contribution in [-0.4, -0.2) is 45.4 Å². The van der Waals surface area contributed by atoms with Crippen molar-refractivity contribution in [1.82, 2.24) is 20.2 Å². The highest BCUT2D eigenvalue weighted by Gasteiger charge is 2.27. The summed E-state index contributed by atoms with van der Waals surface area (Å²) in [5.74, 6) is 0.466. The molecule has 2 atom stereocenters. The summed E-state index contributed by atoms with van der Waals surface area (Å²) < 4.78 is 13.1. The first-order valence-electron chi connectivity index (χ1n) is 10.4. The zero-order chi connectivity index (χ0) is 21.5. The molecule has 0 saturated carbocycles. The Balaban J connectivity index is 1.56. The van der Waals surface area contributed by atoms with Crippen LogP contribution in [0.4, 0.5) is 5.69 Å². The summed E-state index contributed by atoms with van der Waals surface area (Å²) >= 11 is 1.32. The molecular formula is C22H25N5O3S. The molecule has 1 fully saturated rings. The predicted molar refractivity (Wildman–Crippen MR) is 118 cm³/mol. The van der Waals surface area contributed by atoms with Gasteiger partial charge in [-0.25, -0.2) is 4.68 Å². The lowest BCUT2D eigenvalue weighted by Gasteiger charge is -2.18. The second kappa shape index (κ2) is 10.4. The molecule has 1 aliphatic heterocycles. The molecule has 9 heteroatoms. The van der Waals surface area contributed by atoms with Gasteiger partial charge in [0.2, 0.25) is 11.1 Å². The molecule has 4 rings (SSSR count). The van der Waals surface area contributed by atoms with Crippen LogP contribution >= 0.6 is 11.8 Å². The van der Waals surface area contributed by atoms with Gasteiger partial charge in [0, 0.05) is 6.61 Å². The predicted octanol–water partition coefficient (Wildman–Crippen LogP) is 3.72. The van der Waals surface area contributed by atoms with Gasteiger partial charge in [-0.1, -0.05) is 54.2 Å². The van der Waals surface area contributed by atoms with Crippen LogP contribution in [0.25, 0.3) is 0 Å². The minimum absolute atomic E-state index is 0.102. The number of hydrogen-bond acceptors (Lipinski definition) is 7. The van der Waals surface area contributed by atoms with Crippen molar-refractivity contribution in [2.24, 2.45) is 0 Å². The normalized spacial score (nSPS) is 16.7. The van der Waals surface area contributed by atoms with E-state index in [0.29, 0.717) is 29.7 Å². The van der Waals surface area contributed by atoms with E-state index in [9.17, 15) is 4.79 Å². The molecule has 0 aliphatic carbocycles. The van der Waals surface area contributed by atoms with Crippen molar-refractivity contribution in [2.75, 3.05) is 18.5 Å². The highest BCUT2D eigenvalue weighted by Crippen LogP contribution is 2.36. The largest absolute Gasteiger partial charge is 0.492 e. The molecule has 1 N–H and O–H groups in total. The Morgan fingerprint density at radius 3 is 2.84 bits per heavy atom. The summed E-state index contributed by atoms with van der Waals surface area (Å²) in [6, 6.07) is 17.0. The number of nitrogens with one attached hydrogen (secondary N) is 1. The highest BCUT2D eigenvalue weighted by molar-refractivity contribution is 8.00. The Bertz CT molecular complexity index is 992. The maximum absolute atomic E-state index is 13.4. The van der Waals surface area contributed by atoms with Crippen LogP contribution in [0, 0.1) is 0 Å². The summed E-state index contributed by atoms with van der Waals surface area (Å²) in [6.45, 7) is 3.77. The number of amides is 1. The molecule has 1 saturated heterocycles. The van der Waals surface area contributed by atoms with Gasteiger partial charge in [-0.2, -0.15) is 0 Å². The fraction of sp³-hybridized carbons (Fsp3) is 0.364. The summed E-state index contributed by atoms with van der Waals surface area (Å²) in [4.78, 5) is 13.4. The van der Waals surface area contributed by atoms with Crippen LogP contribution in [0.1, 0.15) is 30.6 Å². The van der Waals surface area contributed by atoms with Gasteiger partial charge in [-0.05, 0) is 47.9 Å². The third-order valence-corrected chi connectivity index (χ3v) is 6.13. The van der Waals surface area contributed by atoms with E-state index >= 15 is 0 Å². The van der Waals surface area contributed by atoms with Crippen LogP contribution in [0.15, 0.2) is 59.8 Å². The van der Waals surface area contributed by atoms with Gasteiger partial charge in [-0.3, -0.25) is 4.79 Å². The number of thioether (sulfide) groups is 1. The smallest absolute Gasteiger partial charge is 0.242 e. The monoisotopic (exact) mass is 439 g/mol. The Hall–Kier alpha value is -2.91. The van der Waals surface area contributed by atoms with E-state index in [1.165, 1.54) is 11.8 Å². The number of benzene rings is 2. The third-order valence-electron chi connectivity index (χ3n) is 4.91. The number of tetrazole rings is 1. The molecule has 8 nitrogen and oxygen atoms in total. The number of anilines is 1. The quantitative estimate of drug-likeness (QED) is 0.508. The molecule has 1 aliphatic rings. The summed E-state index contributed by atoms with van der Waals surface area (Å²) in [5.41, 5.74) is 1.50.